The van der Waals surface area contributed by atoms with Gasteiger partial charge in [0.05, 0.1) is 6.54 Å². The van der Waals surface area contributed by atoms with Crippen molar-refractivity contribution in [3.63, 3.8) is 0 Å². The largest absolute Gasteiger partial charge is 0.379 e. The number of likely N-dealkylation sites (N-methyl/N-ethyl adjacent to an activating group) is 1. The molecule has 0 saturated carbocycles. The summed E-state index contributed by atoms with van der Waals surface area (Å²) in [5.41, 5.74) is 3.81. The van der Waals surface area contributed by atoms with Gasteiger partial charge in [-0.05, 0) is 36.9 Å². The number of rotatable bonds is 5. The zero-order valence-electron chi connectivity index (χ0n) is 13.6. The van der Waals surface area contributed by atoms with Crippen molar-refractivity contribution in [1.82, 2.24) is 9.47 Å². The van der Waals surface area contributed by atoms with E-state index in [2.05, 4.69) is 76.3 Å². The molecule has 0 atom stereocenters. The molecule has 118 valence electrons. The van der Waals surface area contributed by atoms with Crippen LogP contribution in [0.5, 0.6) is 0 Å². The minimum Gasteiger partial charge on any atom is -0.379 e. The first-order chi connectivity index (χ1) is 10.8. The smallest absolute Gasteiger partial charge is 0.0553 e. The van der Waals surface area contributed by atoms with Gasteiger partial charge >= 0.3 is 0 Å². The van der Waals surface area contributed by atoms with E-state index in [0.29, 0.717) is 0 Å². The van der Waals surface area contributed by atoms with Gasteiger partial charge in [0.2, 0.25) is 0 Å². The summed E-state index contributed by atoms with van der Waals surface area (Å²) < 4.78 is 2.15. The fourth-order valence-corrected chi connectivity index (χ4v) is 3.01. The van der Waals surface area contributed by atoms with E-state index in [1.807, 2.05) is 0 Å². The van der Waals surface area contributed by atoms with Crippen molar-refractivity contribution >= 4 is 11.4 Å². The third kappa shape index (κ3) is 3.45. The zero-order chi connectivity index (χ0) is 15.4. The first kappa shape index (κ1) is 15.0. The van der Waals surface area contributed by atoms with Crippen LogP contribution >= 0.6 is 0 Å². The van der Waals surface area contributed by atoms with Crippen LogP contribution in [0.15, 0.2) is 42.6 Å². The number of hydrogen-bond donors (Lipinski definition) is 1. The molecule has 0 spiro atoms. The molecule has 0 unspecified atom stereocenters. The molecule has 3 rings (SSSR count). The van der Waals surface area contributed by atoms with Gasteiger partial charge in [-0.2, -0.15) is 0 Å². The molecular formula is C18H26N4. The maximum absolute atomic E-state index is 3.53. The lowest BCUT2D eigenvalue weighted by Crippen LogP contribution is -2.46. The molecule has 1 aliphatic rings. The second kappa shape index (κ2) is 6.88. The second-order valence-corrected chi connectivity index (χ2v) is 5.94. The molecule has 0 radical (unpaired) electrons. The summed E-state index contributed by atoms with van der Waals surface area (Å²) in [6.07, 6.45) is 2.08. The van der Waals surface area contributed by atoms with Crippen LogP contribution in [-0.2, 0) is 13.6 Å². The molecule has 1 aromatic heterocycles. The third-order valence-corrected chi connectivity index (χ3v) is 4.56. The lowest BCUT2D eigenvalue weighted by molar-refractivity contribution is 0.271. The van der Waals surface area contributed by atoms with Crippen molar-refractivity contribution in [1.29, 1.82) is 0 Å². The Hall–Kier alpha value is -1.94. The van der Waals surface area contributed by atoms with Gasteiger partial charge in [-0.15, -0.1) is 0 Å². The molecule has 1 N–H and O–H groups in total. The molecule has 0 aliphatic carbocycles. The molecule has 2 aromatic rings. The lowest BCUT2D eigenvalue weighted by Gasteiger charge is -2.35. The topological polar surface area (TPSA) is 23.4 Å². The van der Waals surface area contributed by atoms with Crippen LogP contribution in [0.25, 0.3) is 0 Å². The number of benzene rings is 1. The van der Waals surface area contributed by atoms with Crippen molar-refractivity contribution in [2.24, 2.45) is 7.05 Å². The number of aromatic nitrogens is 1. The van der Waals surface area contributed by atoms with E-state index in [0.717, 1.165) is 39.3 Å². The van der Waals surface area contributed by atoms with Crippen LogP contribution in [-0.4, -0.2) is 42.2 Å². The van der Waals surface area contributed by atoms with Crippen LogP contribution in [0, 0.1) is 0 Å². The van der Waals surface area contributed by atoms with E-state index in [1.54, 1.807) is 0 Å². The number of aryl methyl sites for hydroxylation is 1. The Kier molecular flexibility index (Phi) is 4.68. The molecular weight excluding hydrogens is 272 g/mol. The number of anilines is 2. The molecule has 0 bridgehead atoms. The Labute approximate surface area is 133 Å². The summed E-state index contributed by atoms with van der Waals surface area (Å²) >= 11 is 0. The molecule has 1 aliphatic heterocycles. The average Bonchev–Trinajstić information content (AvgIpc) is 2.98. The van der Waals surface area contributed by atoms with Crippen LogP contribution in [0.4, 0.5) is 11.4 Å². The van der Waals surface area contributed by atoms with E-state index < -0.39 is 0 Å². The molecule has 2 heterocycles. The fraction of sp³-hybridized carbons (Fsp3) is 0.444. The molecule has 1 aromatic carbocycles. The predicted octanol–water partition coefficient (Wildman–Crippen LogP) is 2.78. The maximum atomic E-state index is 3.53. The Morgan fingerprint density at radius 1 is 1.05 bits per heavy atom. The lowest BCUT2D eigenvalue weighted by atomic mass is 10.2. The van der Waals surface area contributed by atoms with Crippen LogP contribution in [0.3, 0.4) is 0 Å². The summed E-state index contributed by atoms with van der Waals surface area (Å²) in [7, 11) is 2.08. The van der Waals surface area contributed by atoms with Crippen molar-refractivity contribution in [2.45, 2.75) is 13.5 Å². The summed E-state index contributed by atoms with van der Waals surface area (Å²) in [4.78, 5) is 4.99. The van der Waals surface area contributed by atoms with Gasteiger partial charge in [-0.1, -0.05) is 13.0 Å². The van der Waals surface area contributed by atoms with Crippen LogP contribution in [0.2, 0.25) is 0 Å². The minimum atomic E-state index is 0.858. The molecule has 1 saturated heterocycles. The van der Waals surface area contributed by atoms with Crippen LogP contribution < -0.4 is 10.2 Å². The number of piperazine rings is 1. The van der Waals surface area contributed by atoms with Crippen molar-refractivity contribution in [2.75, 3.05) is 42.9 Å². The normalized spacial score (nSPS) is 16.0. The fourth-order valence-electron chi connectivity index (χ4n) is 3.01. The van der Waals surface area contributed by atoms with E-state index in [-0.39, 0.29) is 0 Å². The van der Waals surface area contributed by atoms with Crippen LogP contribution in [0.1, 0.15) is 12.6 Å². The zero-order valence-corrected chi connectivity index (χ0v) is 13.6. The highest BCUT2D eigenvalue weighted by atomic mass is 15.3. The molecule has 22 heavy (non-hydrogen) atoms. The second-order valence-electron chi connectivity index (χ2n) is 5.94. The highest BCUT2D eigenvalue weighted by Crippen LogP contribution is 2.21. The van der Waals surface area contributed by atoms with Crippen molar-refractivity contribution < 1.29 is 0 Å². The first-order valence-electron chi connectivity index (χ1n) is 8.17. The summed E-state index contributed by atoms with van der Waals surface area (Å²) in [6.45, 7) is 8.83. The monoisotopic (exact) mass is 298 g/mol. The Bertz CT molecular complexity index is 597. The van der Waals surface area contributed by atoms with E-state index in [4.69, 9.17) is 0 Å². The van der Waals surface area contributed by atoms with Gasteiger partial charge in [0.15, 0.2) is 0 Å². The average molecular weight is 298 g/mol. The highest BCUT2D eigenvalue weighted by Gasteiger charge is 2.15. The highest BCUT2D eigenvalue weighted by molar-refractivity contribution is 5.58. The summed E-state index contributed by atoms with van der Waals surface area (Å²) in [6, 6.07) is 13.0. The third-order valence-electron chi connectivity index (χ3n) is 4.56. The number of hydrogen-bond acceptors (Lipinski definition) is 3. The van der Waals surface area contributed by atoms with Crippen molar-refractivity contribution in [3.05, 3.63) is 48.3 Å². The Morgan fingerprint density at radius 3 is 2.55 bits per heavy atom. The maximum Gasteiger partial charge on any atom is 0.0553 e. The van der Waals surface area contributed by atoms with E-state index in [1.165, 1.54) is 17.1 Å². The van der Waals surface area contributed by atoms with E-state index >= 15 is 0 Å². The number of nitrogens with one attached hydrogen (secondary N) is 1. The standard InChI is InChI=1S/C18H26N4/c1-3-21-10-12-22(13-11-21)17-7-4-6-16(14-17)19-15-18-8-5-9-20(18)2/h4-9,14,19H,3,10-13,15H2,1-2H3. The Balaban J connectivity index is 1.61. The van der Waals surface area contributed by atoms with Gasteiger partial charge in [0.25, 0.3) is 0 Å². The summed E-state index contributed by atoms with van der Waals surface area (Å²) in [5, 5.41) is 3.53. The quantitative estimate of drug-likeness (QED) is 0.918. The minimum absolute atomic E-state index is 0.858. The molecule has 1 fully saturated rings. The molecule has 4 nitrogen and oxygen atoms in total. The SMILES string of the molecule is CCN1CCN(c2cccc(NCc3cccn3C)c2)CC1. The first-order valence-corrected chi connectivity index (χ1v) is 8.17. The molecule has 4 heteroatoms. The Morgan fingerprint density at radius 2 is 1.86 bits per heavy atom. The van der Waals surface area contributed by atoms with Crippen molar-refractivity contribution in [3.8, 4) is 0 Å². The van der Waals surface area contributed by atoms with Gasteiger partial charge in [-0.3, -0.25) is 0 Å². The molecule has 0 amide bonds. The predicted molar refractivity (Wildman–Crippen MR) is 93.5 cm³/mol. The van der Waals surface area contributed by atoms with E-state index in [9.17, 15) is 0 Å². The summed E-state index contributed by atoms with van der Waals surface area (Å²) in [5.74, 6) is 0. The van der Waals surface area contributed by atoms with Gasteiger partial charge in [0, 0.05) is 56.5 Å². The van der Waals surface area contributed by atoms with Gasteiger partial charge in [0.1, 0.15) is 0 Å². The van der Waals surface area contributed by atoms with Gasteiger partial charge < -0.3 is 19.7 Å². The number of nitrogens with zero attached hydrogens (tertiary/aromatic N) is 3. The van der Waals surface area contributed by atoms with Gasteiger partial charge in [-0.25, -0.2) is 0 Å².